The van der Waals surface area contributed by atoms with Gasteiger partial charge in [-0.25, -0.2) is 0 Å². The molecule has 1 saturated carbocycles. The van der Waals surface area contributed by atoms with Crippen molar-refractivity contribution in [3.63, 3.8) is 0 Å². The summed E-state index contributed by atoms with van der Waals surface area (Å²) in [4.78, 5) is 2.47. The predicted octanol–water partition coefficient (Wildman–Crippen LogP) is 1.18. The summed E-state index contributed by atoms with van der Waals surface area (Å²) in [7, 11) is -0.131. The van der Waals surface area contributed by atoms with Crippen LogP contribution in [0.1, 0.15) is 18.4 Å². The summed E-state index contributed by atoms with van der Waals surface area (Å²) in [5, 5.41) is 0. The van der Waals surface area contributed by atoms with Crippen LogP contribution in [0.15, 0.2) is 30.3 Å². The normalized spacial score (nSPS) is 24.8. The molecule has 1 unspecified atom stereocenters. The molecule has 1 aliphatic carbocycles. The molecule has 0 amide bonds. The van der Waals surface area contributed by atoms with Gasteiger partial charge >= 0.3 is 0 Å². The van der Waals surface area contributed by atoms with Crippen LogP contribution in [-0.4, -0.2) is 67.7 Å². The highest BCUT2D eigenvalue weighted by atomic mass is 32.2. The Morgan fingerprint density at radius 1 is 1.14 bits per heavy atom. The highest BCUT2D eigenvalue weighted by Gasteiger charge is 2.40. The fraction of sp³-hybridized carbons (Fsp3) is 0.625. The van der Waals surface area contributed by atoms with Crippen LogP contribution in [0.4, 0.5) is 0 Å². The first kappa shape index (κ1) is 15.9. The van der Waals surface area contributed by atoms with Gasteiger partial charge < -0.3 is 0 Å². The molecule has 0 aromatic heterocycles. The van der Waals surface area contributed by atoms with Gasteiger partial charge in [-0.2, -0.15) is 17.0 Å². The van der Waals surface area contributed by atoms with Crippen LogP contribution >= 0.6 is 0 Å². The predicted molar refractivity (Wildman–Crippen MR) is 87.8 cm³/mol. The zero-order valence-electron chi connectivity index (χ0n) is 13.4. The zero-order chi connectivity index (χ0) is 15.7. The zero-order valence-corrected chi connectivity index (χ0v) is 14.2. The maximum Gasteiger partial charge on any atom is 0.281 e. The van der Waals surface area contributed by atoms with Gasteiger partial charge in [-0.1, -0.05) is 30.3 Å². The van der Waals surface area contributed by atoms with Gasteiger partial charge in [-0.3, -0.25) is 4.90 Å². The number of benzene rings is 1. The fourth-order valence-electron chi connectivity index (χ4n) is 3.20. The lowest BCUT2D eigenvalue weighted by molar-refractivity contribution is 0.124. The monoisotopic (exact) mass is 323 g/mol. The van der Waals surface area contributed by atoms with E-state index in [-0.39, 0.29) is 6.04 Å². The summed E-state index contributed by atoms with van der Waals surface area (Å²) in [6.07, 6.45) is 3.30. The largest absolute Gasteiger partial charge is 0.297 e. The molecule has 0 radical (unpaired) electrons. The molecule has 2 fully saturated rings. The van der Waals surface area contributed by atoms with Gasteiger partial charge in [0.05, 0.1) is 0 Å². The average molecular weight is 323 g/mol. The molecule has 1 aliphatic heterocycles. The van der Waals surface area contributed by atoms with E-state index in [1.54, 1.807) is 18.4 Å². The van der Waals surface area contributed by atoms with Crippen LogP contribution in [0.25, 0.3) is 0 Å². The van der Waals surface area contributed by atoms with E-state index in [1.807, 2.05) is 18.2 Å². The minimum Gasteiger partial charge on any atom is -0.297 e. The van der Waals surface area contributed by atoms with Gasteiger partial charge in [-0.05, 0) is 24.8 Å². The second-order valence-electron chi connectivity index (χ2n) is 6.47. The first-order valence-corrected chi connectivity index (χ1v) is 9.35. The Labute approximate surface area is 133 Å². The van der Waals surface area contributed by atoms with E-state index in [0.29, 0.717) is 12.6 Å². The molecule has 2 aliphatic rings. The number of hydrogen-bond donors (Lipinski definition) is 0. The molecule has 5 nitrogen and oxygen atoms in total. The van der Waals surface area contributed by atoms with Crippen molar-refractivity contribution in [2.45, 2.75) is 31.3 Å². The summed E-state index contributed by atoms with van der Waals surface area (Å²) < 4.78 is 28.2. The summed E-state index contributed by atoms with van der Waals surface area (Å²) in [6, 6.07) is 10.9. The van der Waals surface area contributed by atoms with Crippen LogP contribution in [0.2, 0.25) is 0 Å². The van der Waals surface area contributed by atoms with E-state index in [9.17, 15) is 8.42 Å². The van der Waals surface area contributed by atoms with Crippen molar-refractivity contribution in [1.82, 2.24) is 13.5 Å². The third-order valence-electron chi connectivity index (χ3n) is 4.60. The first-order valence-electron chi connectivity index (χ1n) is 7.96. The van der Waals surface area contributed by atoms with Crippen molar-refractivity contribution in [3.05, 3.63) is 35.9 Å². The van der Waals surface area contributed by atoms with Crippen LogP contribution in [-0.2, 0) is 16.6 Å². The maximum atomic E-state index is 12.6. The number of hydrogen-bond acceptors (Lipinski definition) is 3. The maximum absolute atomic E-state index is 12.6. The SMILES string of the molecule is CN(C)S(=O)(=O)N1CCN(C2CC2)CC1Cc1ccccc1. The van der Waals surface area contributed by atoms with Gasteiger partial charge in [-0.15, -0.1) is 0 Å². The highest BCUT2D eigenvalue weighted by molar-refractivity contribution is 7.86. The lowest BCUT2D eigenvalue weighted by Gasteiger charge is -2.41. The van der Waals surface area contributed by atoms with Gasteiger partial charge in [0.15, 0.2) is 0 Å². The Balaban J connectivity index is 1.81. The van der Waals surface area contributed by atoms with E-state index in [4.69, 9.17) is 0 Å². The molecule has 1 atom stereocenters. The second kappa shape index (κ2) is 6.28. The van der Waals surface area contributed by atoms with Crippen molar-refractivity contribution >= 4 is 10.2 Å². The van der Waals surface area contributed by atoms with Gasteiger partial charge in [0, 0.05) is 45.8 Å². The van der Waals surface area contributed by atoms with E-state index in [2.05, 4.69) is 17.0 Å². The molecule has 0 bridgehead atoms. The van der Waals surface area contributed by atoms with Crippen molar-refractivity contribution in [2.75, 3.05) is 33.7 Å². The Morgan fingerprint density at radius 3 is 2.41 bits per heavy atom. The molecular formula is C16H25N3O2S. The van der Waals surface area contributed by atoms with Crippen LogP contribution in [0.3, 0.4) is 0 Å². The Hall–Kier alpha value is -0.950. The second-order valence-corrected chi connectivity index (χ2v) is 8.57. The number of rotatable bonds is 5. The van der Waals surface area contributed by atoms with Crippen molar-refractivity contribution < 1.29 is 8.42 Å². The molecular weight excluding hydrogens is 298 g/mol. The number of piperazine rings is 1. The van der Waals surface area contributed by atoms with Crippen molar-refractivity contribution in [1.29, 1.82) is 0 Å². The quantitative estimate of drug-likeness (QED) is 0.817. The van der Waals surface area contributed by atoms with Crippen LogP contribution < -0.4 is 0 Å². The molecule has 6 heteroatoms. The van der Waals surface area contributed by atoms with E-state index < -0.39 is 10.2 Å². The van der Waals surface area contributed by atoms with Crippen molar-refractivity contribution in [2.24, 2.45) is 0 Å². The molecule has 1 heterocycles. The summed E-state index contributed by atoms with van der Waals surface area (Å²) >= 11 is 0. The molecule has 1 aromatic rings. The van der Waals surface area contributed by atoms with Gasteiger partial charge in [0.1, 0.15) is 0 Å². The summed E-state index contributed by atoms with van der Waals surface area (Å²) in [6.45, 7) is 2.28. The molecule has 22 heavy (non-hydrogen) atoms. The lowest BCUT2D eigenvalue weighted by Crippen LogP contribution is -2.58. The molecule has 3 rings (SSSR count). The first-order chi connectivity index (χ1) is 10.5. The Morgan fingerprint density at radius 2 is 1.82 bits per heavy atom. The topological polar surface area (TPSA) is 43.9 Å². The molecule has 122 valence electrons. The molecule has 0 spiro atoms. The van der Waals surface area contributed by atoms with Crippen molar-refractivity contribution in [3.8, 4) is 0 Å². The summed E-state index contributed by atoms with van der Waals surface area (Å²) in [5.41, 5.74) is 1.20. The third-order valence-corrected chi connectivity index (χ3v) is 6.59. The van der Waals surface area contributed by atoms with Gasteiger partial charge in [0.2, 0.25) is 0 Å². The highest BCUT2D eigenvalue weighted by Crippen LogP contribution is 2.30. The van der Waals surface area contributed by atoms with E-state index >= 15 is 0 Å². The van der Waals surface area contributed by atoms with Crippen LogP contribution in [0.5, 0.6) is 0 Å². The van der Waals surface area contributed by atoms with Gasteiger partial charge in [0.25, 0.3) is 10.2 Å². The Kier molecular flexibility index (Phi) is 4.54. The minimum absolute atomic E-state index is 0.0177. The van der Waals surface area contributed by atoms with E-state index in [0.717, 1.165) is 19.5 Å². The standard InChI is InChI=1S/C16H25N3O2S/c1-17(2)22(20,21)19-11-10-18(15-8-9-15)13-16(19)12-14-6-4-3-5-7-14/h3-7,15-16H,8-13H2,1-2H3. The lowest BCUT2D eigenvalue weighted by atomic mass is 10.0. The Bertz CT molecular complexity index is 599. The van der Waals surface area contributed by atoms with E-state index in [1.165, 1.54) is 22.7 Å². The molecule has 1 saturated heterocycles. The minimum atomic E-state index is -3.36. The fourth-order valence-corrected chi connectivity index (χ4v) is 4.45. The number of nitrogens with zero attached hydrogens (tertiary/aromatic N) is 3. The molecule has 1 aromatic carbocycles. The average Bonchev–Trinajstić information content (AvgIpc) is 3.32. The third kappa shape index (κ3) is 3.35. The van der Waals surface area contributed by atoms with Crippen LogP contribution in [0, 0.1) is 0 Å². The molecule has 0 N–H and O–H groups in total. The smallest absolute Gasteiger partial charge is 0.281 e. The summed E-state index contributed by atoms with van der Waals surface area (Å²) in [5.74, 6) is 0.